The van der Waals surface area contributed by atoms with Crippen LogP contribution in [-0.4, -0.2) is 37.8 Å². The van der Waals surface area contributed by atoms with Crippen LogP contribution in [0.3, 0.4) is 0 Å². The normalized spacial score (nSPS) is 10.9. The standard InChI is InChI=1S/C19H25FN4O2.HI/c1-3-21-19(23-13-15-7-4-5-9-17(15)20)24-14-16-8-6-10-22-18(16)26-12-11-25-2;/h4-10H,3,11-14H2,1-2H3,(H2,21,23,24);1H. The van der Waals surface area contributed by atoms with Crippen LogP contribution in [0.25, 0.3) is 0 Å². The molecular formula is C19H26FIN4O2. The van der Waals surface area contributed by atoms with Crippen LogP contribution < -0.4 is 15.4 Å². The minimum atomic E-state index is -0.239. The van der Waals surface area contributed by atoms with Crippen LogP contribution in [0.1, 0.15) is 18.1 Å². The summed E-state index contributed by atoms with van der Waals surface area (Å²) in [6.07, 6.45) is 1.68. The smallest absolute Gasteiger partial charge is 0.218 e. The lowest BCUT2D eigenvalue weighted by molar-refractivity contribution is 0.143. The molecular weight excluding hydrogens is 462 g/mol. The van der Waals surface area contributed by atoms with Crippen LogP contribution >= 0.6 is 24.0 Å². The molecule has 0 unspecified atom stereocenters. The Hall–Kier alpha value is -1.94. The maximum Gasteiger partial charge on any atom is 0.218 e. The van der Waals surface area contributed by atoms with Gasteiger partial charge in [-0.15, -0.1) is 24.0 Å². The number of pyridine rings is 1. The average molecular weight is 488 g/mol. The fourth-order valence-corrected chi connectivity index (χ4v) is 2.22. The molecule has 0 atom stereocenters. The molecule has 2 N–H and O–H groups in total. The first-order valence-electron chi connectivity index (χ1n) is 8.55. The van der Waals surface area contributed by atoms with E-state index in [1.807, 2.05) is 25.1 Å². The highest BCUT2D eigenvalue weighted by molar-refractivity contribution is 14.0. The first-order chi connectivity index (χ1) is 12.7. The molecule has 1 heterocycles. The first kappa shape index (κ1) is 23.1. The first-order valence-corrected chi connectivity index (χ1v) is 8.55. The average Bonchev–Trinajstić information content (AvgIpc) is 2.66. The number of hydrogen-bond donors (Lipinski definition) is 2. The summed E-state index contributed by atoms with van der Waals surface area (Å²) in [5.41, 5.74) is 1.45. The van der Waals surface area contributed by atoms with Crippen molar-refractivity contribution < 1.29 is 13.9 Å². The fourth-order valence-electron chi connectivity index (χ4n) is 2.22. The molecule has 0 saturated carbocycles. The SMILES string of the molecule is CCNC(=NCc1cccnc1OCCOC)NCc1ccccc1F.I. The second kappa shape index (κ2) is 13.3. The minimum absolute atomic E-state index is 0. The Morgan fingerprint density at radius 3 is 2.63 bits per heavy atom. The Morgan fingerprint density at radius 1 is 1.11 bits per heavy atom. The Kier molecular flexibility index (Phi) is 11.3. The highest BCUT2D eigenvalue weighted by Gasteiger charge is 2.06. The third-order valence-corrected chi connectivity index (χ3v) is 3.53. The van der Waals surface area contributed by atoms with E-state index in [0.29, 0.717) is 50.3 Å². The van der Waals surface area contributed by atoms with E-state index in [1.165, 1.54) is 6.07 Å². The lowest BCUT2D eigenvalue weighted by atomic mass is 10.2. The zero-order valence-electron chi connectivity index (χ0n) is 15.6. The Balaban J connectivity index is 0.00000364. The molecule has 27 heavy (non-hydrogen) atoms. The molecule has 0 aliphatic rings. The molecule has 2 rings (SSSR count). The molecule has 0 amide bonds. The zero-order valence-corrected chi connectivity index (χ0v) is 17.9. The second-order valence-electron chi connectivity index (χ2n) is 5.45. The van der Waals surface area contributed by atoms with E-state index in [9.17, 15) is 4.39 Å². The third-order valence-electron chi connectivity index (χ3n) is 3.53. The van der Waals surface area contributed by atoms with Crippen molar-refractivity contribution in [2.75, 3.05) is 26.9 Å². The number of aliphatic imine (C=N–C) groups is 1. The number of benzene rings is 1. The number of nitrogens with zero attached hydrogens (tertiary/aromatic N) is 2. The van der Waals surface area contributed by atoms with E-state index in [-0.39, 0.29) is 29.8 Å². The predicted molar refractivity (Wildman–Crippen MR) is 115 cm³/mol. The van der Waals surface area contributed by atoms with Gasteiger partial charge in [0.25, 0.3) is 0 Å². The Morgan fingerprint density at radius 2 is 1.89 bits per heavy atom. The topological polar surface area (TPSA) is 67.8 Å². The van der Waals surface area contributed by atoms with Gasteiger partial charge in [0.1, 0.15) is 12.4 Å². The Bertz CT molecular complexity index is 716. The summed E-state index contributed by atoms with van der Waals surface area (Å²) in [7, 11) is 1.62. The summed E-state index contributed by atoms with van der Waals surface area (Å²) in [6, 6.07) is 10.4. The Labute approximate surface area is 176 Å². The van der Waals surface area contributed by atoms with Gasteiger partial charge < -0.3 is 20.1 Å². The van der Waals surface area contributed by atoms with Gasteiger partial charge in [0, 0.05) is 37.5 Å². The van der Waals surface area contributed by atoms with E-state index in [0.717, 1.165) is 5.56 Å². The predicted octanol–water partition coefficient (Wildman–Crippen LogP) is 3.12. The van der Waals surface area contributed by atoms with Crippen LogP contribution in [0.15, 0.2) is 47.6 Å². The number of aromatic nitrogens is 1. The summed E-state index contributed by atoms with van der Waals surface area (Å²) in [6.45, 7) is 4.34. The van der Waals surface area contributed by atoms with Crippen molar-refractivity contribution in [2.45, 2.75) is 20.0 Å². The van der Waals surface area contributed by atoms with Gasteiger partial charge in [-0.25, -0.2) is 14.4 Å². The summed E-state index contributed by atoms with van der Waals surface area (Å²) in [5.74, 6) is 0.901. The third kappa shape index (κ3) is 8.08. The van der Waals surface area contributed by atoms with Crippen molar-refractivity contribution in [3.63, 3.8) is 0 Å². The van der Waals surface area contributed by atoms with Crippen LogP contribution in [0, 0.1) is 5.82 Å². The van der Waals surface area contributed by atoms with Gasteiger partial charge in [-0.1, -0.05) is 24.3 Å². The van der Waals surface area contributed by atoms with Gasteiger partial charge in [0.2, 0.25) is 5.88 Å². The summed E-state index contributed by atoms with van der Waals surface area (Å²) in [5, 5.41) is 6.29. The van der Waals surface area contributed by atoms with Crippen molar-refractivity contribution >= 4 is 29.9 Å². The van der Waals surface area contributed by atoms with E-state index >= 15 is 0 Å². The highest BCUT2D eigenvalue weighted by atomic mass is 127. The maximum atomic E-state index is 13.7. The molecule has 0 aliphatic heterocycles. The van der Waals surface area contributed by atoms with Gasteiger partial charge in [-0.05, 0) is 19.1 Å². The number of hydrogen-bond acceptors (Lipinski definition) is 4. The number of ether oxygens (including phenoxy) is 2. The monoisotopic (exact) mass is 488 g/mol. The van der Waals surface area contributed by atoms with E-state index in [4.69, 9.17) is 9.47 Å². The summed E-state index contributed by atoms with van der Waals surface area (Å²) in [4.78, 5) is 8.78. The summed E-state index contributed by atoms with van der Waals surface area (Å²) >= 11 is 0. The van der Waals surface area contributed by atoms with E-state index in [1.54, 1.807) is 25.4 Å². The molecule has 0 radical (unpaired) electrons. The van der Waals surface area contributed by atoms with Crippen LogP contribution in [0.4, 0.5) is 4.39 Å². The number of methoxy groups -OCH3 is 1. The van der Waals surface area contributed by atoms with Crippen molar-refractivity contribution in [1.82, 2.24) is 15.6 Å². The minimum Gasteiger partial charge on any atom is -0.475 e. The lowest BCUT2D eigenvalue weighted by Gasteiger charge is -2.13. The molecule has 6 nitrogen and oxygen atoms in total. The molecule has 0 fully saturated rings. The van der Waals surface area contributed by atoms with Crippen molar-refractivity contribution in [3.05, 3.63) is 59.5 Å². The van der Waals surface area contributed by atoms with Gasteiger partial charge in [-0.2, -0.15) is 0 Å². The second-order valence-corrected chi connectivity index (χ2v) is 5.45. The van der Waals surface area contributed by atoms with E-state index in [2.05, 4.69) is 20.6 Å². The molecule has 0 aliphatic carbocycles. The highest BCUT2D eigenvalue weighted by Crippen LogP contribution is 2.15. The van der Waals surface area contributed by atoms with E-state index < -0.39 is 0 Å². The van der Waals surface area contributed by atoms with Gasteiger partial charge >= 0.3 is 0 Å². The lowest BCUT2D eigenvalue weighted by Crippen LogP contribution is -2.37. The molecule has 1 aromatic heterocycles. The molecule has 8 heteroatoms. The molecule has 1 aromatic carbocycles. The number of rotatable bonds is 9. The summed E-state index contributed by atoms with van der Waals surface area (Å²) < 4.78 is 24.3. The number of halogens is 2. The quantitative estimate of drug-likeness (QED) is 0.246. The molecule has 0 bridgehead atoms. The molecule has 2 aromatic rings. The van der Waals surface area contributed by atoms with Crippen LogP contribution in [0.5, 0.6) is 5.88 Å². The van der Waals surface area contributed by atoms with Crippen molar-refractivity contribution in [3.8, 4) is 5.88 Å². The number of guanidine groups is 1. The molecule has 148 valence electrons. The molecule has 0 spiro atoms. The largest absolute Gasteiger partial charge is 0.475 e. The van der Waals surface area contributed by atoms with Crippen LogP contribution in [-0.2, 0) is 17.8 Å². The van der Waals surface area contributed by atoms with Gasteiger partial charge in [0.15, 0.2) is 5.96 Å². The van der Waals surface area contributed by atoms with Crippen LogP contribution in [0.2, 0.25) is 0 Å². The van der Waals surface area contributed by atoms with Crippen molar-refractivity contribution in [1.29, 1.82) is 0 Å². The zero-order chi connectivity index (χ0) is 18.6. The van der Waals surface area contributed by atoms with Gasteiger partial charge in [-0.3, -0.25) is 0 Å². The fraction of sp³-hybridized carbons (Fsp3) is 0.368. The van der Waals surface area contributed by atoms with Gasteiger partial charge in [0.05, 0.1) is 13.2 Å². The maximum absolute atomic E-state index is 13.7. The number of nitrogens with one attached hydrogen (secondary N) is 2. The van der Waals surface area contributed by atoms with Crippen molar-refractivity contribution in [2.24, 2.45) is 4.99 Å². The molecule has 0 saturated heterocycles.